The Morgan fingerprint density at radius 2 is 1.92 bits per heavy atom. The lowest BCUT2D eigenvalue weighted by atomic mass is 9.86. The summed E-state index contributed by atoms with van der Waals surface area (Å²) < 4.78 is 16.1. The minimum Gasteiger partial charge on any atom is -0.486 e. The van der Waals surface area contributed by atoms with Crippen LogP contribution in [0.2, 0.25) is 0 Å². The SMILES string of the molecule is O=C(C[C@@H]1C[C@H]2CC[C@@H]1C2)OCC(=O)c1ccc2c(c1)OCCO2. The van der Waals surface area contributed by atoms with Gasteiger partial charge in [-0.25, -0.2) is 0 Å². The average Bonchev–Trinajstić information content (AvgIpc) is 3.22. The fraction of sp³-hybridized carbons (Fsp3) is 0.579. The van der Waals surface area contributed by atoms with Crippen molar-refractivity contribution in [1.82, 2.24) is 0 Å². The summed E-state index contributed by atoms with van der Waals surface area (Å²) in [5, 5.41) is 0. The summed E-state index contributed by atoms with van der Waals surface area (Å²) in [5.41, 5.74) is 0.479. The summed E-state index contributed by atoms with van der Waals surface area (Å²) in [6.45, 7) is 0.781. The van der Waals surface area contributed by atoms with Crippen LogP contribution in [-0.4, -0.2) is 31.6 Å². The first-order valence-electron chi connectivity index (χ1n) is 8.77. The zero-order chi connectivity index (χ0) is 16.5. The van der Waals surface area contributed by atoms with Crippen molar-refractivity contribution in [2.75, 3.05) is 19.8 Å². The van der Waals surface area contributed by atoms with E-state index in [2.05, 4.69) is 0 Å². The number of hydrogen-bond acceptors (Lipinski definition) is 5. The van der Waals surface area contributed by atoms with E-state index in [0.29, 0.717) is 48.5 Å². The van der Waals surface area contributed by atoms with Gasteiger partial charge in [-0.3, -0.25) is 9.59 Å². The van der Waals surface area contributed by atoms with Crippen molar-refractivity contribution in [2.24, 2.45) is 17.8 Å². The van der Waals surface area contributed by atoms with Crippen molar-refractivity contribution >= 4 is 11.8 Å². The molecule has 2 aliphatic carbocycles. The molecular formula is C19H22O5. The largest absolute Gasteiger partial charge is 0.486 e. The molecular weight excluding hydrogens is 308 g/mol. The third-order valence-corrected chi connectivity index (χ3v) is 5.54. The van der Waals surface area contributed by atoms with Crippen molar-refractivity contribution in [1.29, 1.82) is 0 Å². The number of Topliss-reactive ketones (excluding diaryl/α,β-unsaturated/α-hetero) is 1. The number of carbonyl (C=O) groups is 2. The summed E-state index contributed by atoms with van der Waals surface area (Å²) >= 11 is 0. The van der Waals surface area contributed by atoms with E-state index >= 15 is 0 Å². The van der Waals surface area contributed by atoms with Gasteiger partial charge in [0.25, 0.3) is 0 Å². The smallest absolute Gasteiger partial charge is 0.306 e. The molecule has 2 fully saturated rings. The third-order valence-electron chi connectivity index (χ3n) is 5.54. The molecule has 0 N–H and O–H groups in total. The summed E-state index contributed by atoms with van der Waals surface area (Å²) in [4.78, 5) is 24.3. The molecule has 0 saturated heterocycles. The number of fused-ring (bicyclic) bond motifs is 3. The fourth-order valence-electron chi connectivity index (χ4n) is 4.35. The predicted octanol–water partition coefficient (Wildman–Crippen LogP) is 3.01. The van der Waals surface area contributed by atoms with E-state index < -0.39 is 0 Å². The minimum atomic E-state index is -0.251. The highest BCUT2D eigenvalue weighted by Gasteiger charge is 2.40. The topological polar surface area (TPSA) is 61.8 Å². The highest BCUT2D eigenvalue weighted by molar-refractivity contribution is 5.98. The highest BCUT2D eigenvalue weighted by Crippen LogP contribution is 2.49. The summed E-state index contributed by atoms with van der Waals surface area (Å²) in [5.74, 6) is 2.71. The van der Waals surface area contributed by atoms with E-state index in [1.807, 2.05) is 0 Å². The molecule has 0 aromatic heterocycles. The lowest BCUT2D eigenvalue weighted by Crippen LogP contribution is -2.20. The standard InChI is InChI=1S/C19H22O5/c20-16(14-3-4-17-18(9-14)23-6-5-22-17)11-24-19(21)10-15-8-12-1-2-13(15)7-12/h3-4,9,12-13,15H,1-2,5-8,10-11H2/t12-,13+,15-/m0/s1. The zero-order valence-electron chi connectivity index (χ0n) is 13.7. The number of esters is 1. The molecule has 3 atom stereocenters. The zero-order valence-corrected chi connectivity index (χ0v) is 13.7. The van der Waals surface area contributed by atoms with E-state index in [-0.39, 0.29) is 18.4 Å². The molecule has 1 aromatic carbocycles. The third kappa shape index (κ3) is 3.12. The number of hydrogen-bond donors (Lipinski definition) is 0. The Balaban J connectivity index is 1.29. The Morgan fingerprint density at radius 3 is 2.67 bits per heavy atom. The Hall–Kier alpha value is -2.04. The maximum Gasteiger partial charge on any atom is 0.306 e. The van der Waals surface area contributed by atoms with Crippen LogP contribution < -0.4 is 9.47 Å². The van der Waals surface area contributed by atoms with Crippen LogP contribution in [-0.2, 0) is 9.53 Å². The lowest BCUT2D eigenvalue weighted by molar-refractivity contribution is -0.144. The van der Waals surface area contributed by atoms with Crippen LogP contribution in [0.15, 0.2) is 18.2 Å². The average molecular weight is 330 g/mol. The normalized spacial score (nSPS) is 27.1. The van der Waals surface area contributed by atoms with Gasteiger partial charge in [0.15, 0.2) is 23.9 Å². The van der Waals surface area contributed by atoms with Gasteiger partial charge in [0.2, 0.25) is 0 Å². The monoisotopic (exact) mass is 330 g/mol. The lowest BCUT2D eigenvalue weighted by Gasteiger charge is -2.20. The molecule has 2 bridgehead atoms. The molecule has 4 rings (SSSR count). The maximum absolute atomic E-state index is 12.2. The molecule has 5 nitrogen and oxygen atoms in total. The van der Waals surface area contributed by atoms with Crippen LogP contribution in [0.25, 0.3) is 0 Å². The molecule has 2 saturated carbocycles. The van der Waals surface area contributed by atoms with Gasteiger partial charge in [-0.1, -0.05) is 6.42 Å². The van der Waals surface area contributed by atoms with Crippen LogP contribution in [0, 0.1) is 17.8 Å². The second-order valence-electron chi connectivity index (χ2n) is 7.08. The first-order chi connectivity index (χ1) is 11.7. The van der Waals surface area contributed by atoms with Gasteiger partial charge >= 0.3 is 5.97 Å². The Morgan fingerprint density at radius 1 is 1.08 bits per heavy atom. The van der Waals surface area contributed by atoms with Crippen LogP contribution in [0.4, 0.5) is 0 Å². The fourth-order valence-corrected chi connectivity index (χ4v) is 4.35. The minimum absolute atomic E-state index is 0.209. The van der Waals surface area contributed by atoms with E-state index in [9.17, 15) is 9.59 Å². The van der Waals surface area contributed by atoms with Gasteiger partial charge in [0, 0.05) is 12.0 Å². The van der Waals surface area contributed by atoms with Gasteiger partial charge in [-0.15, -0.1) is 0 Å². The van der Waals surface area contributed by atoms with Crippen molar-refractivity contribution < 1.29 is 23.8 Å². The van der Waals surface area contributed by atoms with E-state index in [1.165, 1.54) is 19.3 Å². The number of carbonyl (C=O) groups excluding carboxylic acids is 2. The van der Waals surface area contributed by atoms with Crippen LogP contribution in [0.5, 0.6) is 11.5 Å². The summed E-state index contributed by atoms with van der Waals surface area (Å²) in [6, 6.07) is 5.05. The van der Waals surface area contributed by atoms with Crippen LogP contribution >= 0.6 is 0 Å². The molecule has 0 spiro atoms. The first kappa shape index (κ1) is 15.5. The van der Waals surface area contributed by atoms with E-state index in [0.717, 1.165) is 12.3 Å². The van der Waals surface area contributed by atoms with Crippen molar-refractivity contribution in [2.45, 2.75) is 32.1 Å². The molecule has 0 radical (unpaired) electrons. The molecule has 5 heteroatoms. The van der Waals surface area contributed by atoms with E-state index in [1.54, 1.807) is 18.2 Å². The molecule has 24 heavy (non-hydrogen) atoms. The van der Waals surface area contributed by atoms with E-state index in [4.69, 9.17) is 14.2 Å². The van der Waals surface area contributed by atoms with Gasteiger partial charge in [-0.2, -0.15) is 0 Å². The molecule has 1 heterocycles. The molecule has 1 aromatic rings. The molecule has 128 valence electrons. The van der Waals surface area contributed by atoms with Crippen molar-refractivity contribution in [3.05, 3.63) is 23.8 Å². The second kappa shape index (κ2) is 6.46. The summed E-state index contributed by atoms with van der Waals surface area (Å²) in [7, 11) is 0. The van der Waals surface area contributed by atoms with Gasteiger partial charge in [0.1, 0.15) is 13.2 Å². The molecule has 0 amide bonds. The maximum atomic E-state index is 12.2. The molecule has 3 aliphatic rings. The Kier molecular flexibility index (Phi) is 4.17. The summed E-state index contributed by atoms with van der Waals surface area (Å²) in [6.07, 6.45) is 5.44. The van der Waals surface area contributed by atoms with Gasteiger partial charge in [0.05, 0.1) is 0 Å². The number of rotatable bonds is 5. The Labute approximate surface area is 141 Å². The van der Waals surface area contributed by atoms with Crippen molar-refractivity contribution in [3.8, 4) is 11.5 Å². The van der Waals surface area contributed by atoms with Crippen LogP contribution in [0.3, 0.4) is 0 Å². The second-order valence-corrected chi connectivity index (χ2v) is 7.08. The highest BCUT2D eigenvalue weighted by atomic mass is 16.6. The number of benzene rings is 1. The molecule has 0 unspecified atom stereocenters. The molecule has 1 aliphatic heterocycles. The number of ether oxygens (including phenoxy) is 3. The first-order valence-corrected chi connectivity index (χ1v) is 8.77. The Bertz CT molecular complexity index is 653. The predicted molar refractivity (Wildman–Crippen MR) is 86.3 cm³/mol. The van der Waals surface area contributed by atoms with Gasteiger partial charge < -0.3 is 14.2 Å². The van der Waals surface area contributed by atoms with Crippen LogP contribution in [0.1, 0.15) is 42.5 Å². The van der Waals surface area contributed by atoms with Crippen molar-refractivity contribution in [3.63, 3.8) is 0 Å². The number of ketones is 1. The van der Waals surface area contributed by atoms with Gasteiger partial charge in [-0.05, 0) is 55.2 Å². The quantitative estimate of drug-likeness (QED) is 0.613.